The maximum atomic E-state index is 10.0. The number of nitrogens with zero attached hydrogens (tertiary/aromatic N) is 4. The number of rotatable bonds is 2. The van der Waals surface area contributed by atoms with Crippen LogP contribution in [0.15, 0.2) is 12.7 Å². The fourth-order valence-corrected chi connectivity index (χ4v) is 2.28. The van der Waals surface area contributed by atoms with E-state index in [9.17, 15) is 10.2 Å². The largest absolute Gasteiger partial charge is 0.388 e. The lowest BCUT2D eigenvalue weighted by Crippen LogP contribution is -2.30. The number of ether oxygens (including phenoxy) is 1. The van der Waals surface area contributed by atoms with Crippen molar-refractivity contribution in [3.63, 3.8) is 0 Å². The average Bonchev–Trinajstić information content (AvgIpc) is 2.95. The minimum Gasteiger partial charge on any atom is -0.388 e. The van der Waals surface area contributed by atoms with Crippen molar-refractivity contribution in [1.82, 2.24) is 19.5 Å². The zero-order chi connectivity index (χ0) is 13.6. The minimum absolute atomic E-state index is 0.442. The molecule has 0 aliphatic carbocycles. The Kier molecular flexibility index (Phi) is 2.85. The van der Waals surface area contributed by atoms with Gasteiger partial charge in [0.05, 0.1) is 12.4 Å². The summed E-state index contributed by atoms with van der Waals surface area (Å²) in [5, 5.41) is 22.7. The number of hydrogen-bond donors (Lipinski definition) is 3. The molecule has 0 radical (unpaired) electrons. The third-order valence-electron chi connectivity index (χ3n) is 3.35. The van der Waals surface area contributed by atoms with Gasteiger partial charge in [0.15, 0.2) is 17.7 Å². The van der Waals surface area contributed by atoms with Gasteiger partial charge in [0.1, 0.15) is 24.1 Å². The molecule has 8 heteroatoms. The highest BCUT2D eigenvalue weighted by molar-refractivity contribution is 5.82. The van der Waals surface area contributed by atoms with E-state index in [-0.39, 0.29) is 0 Å². The third-order valence-corrected chi connectivity index (χ3v) is 3.35. The first kappa shape index (κ1) is 12.3. The van der Waals surface area contributed by atoms with E-state index in [1.54, 1.807) is 18.5 Å². The summed E-state index contributed by atoms with van der Waals surface area (Å²) in [7, 11) is 1.74. The Labute approximate surface area is 109 Å². The van der Waals surface area contributed by atoms with Gasteiger partial charge in [-0.05, 0) is 6.92 Å². The predicted molar refractivity (Wildman–Crippen MR) is 66.5 cm³/mol. The molecule has 19 heavy (non-hydrogen) atoms. The Morgan fingerprint density at radius 2 is 2.05 bits per heavy atom. The van der Waals surface area contributed by atoms with Crippen molar-refractivity contribution < 1.29 is 14.9 Å². The summed E-state index contributed by atoms with van der Waals surface area (Å²) >= 11 is 0. The van der Waals surface area contributed by atoms with Crippen LogP contribution in [0.3, 0.4) is 0 Å². The number of aliphatic hydroxyl groups is 2. The SMILES string of the molecule is CNc1ncnc2c1ncn2[C@@H]1O[C@H](C)[C@@H](O)[C@H]1O. The second-order valence-corrected chi connectivity index (χ2v) is 4.51. The quantitative estimate of drug-likeness (QED) is 0.672. The second kappa shape index (κ2) is 4.41. The topological polar surface area (TPSA) is 105 Å². The molecule has 0 amide bonds. The summed E-state index contributed by atoms with van der Waals surface area (Å²) in [5.41, 5.74) is 1.14. The molecule has 3 rings (SSSR count). The van der Waals surface area contributed by atoms with Crippen molar-refractivity contribution >= 4 is 17.0 Å². The molecule has 102 valence electrons. The predicted octanol–water partition coefficient (Wildman–Crippen LogP) is -0.493. The third kappa shape index (κ3) is 1.76. The normalized spacial score (nSPS) is 30.9. The number of aromatic nitrogens is 4. The Morgan fingerprint density at radius 1 is 1.26 bits per heavy atom. The standard InChI is InChI=1S/C11H15N5O3/c1-5-7(17)8(18)11(19-5)16-4-15-6-9(12-2)13-3-14-10(6)16/h3-5,7-8,11,17-18H,1-2H3,(H,12,13,14)/t5-,7-,8-,11-/m1/s1. The van der Waals surface area contributed by atoms with Crippen LogP contribution >= 0.6 is 0 Å². The highest BCUT2D eigenvalue weighted by atomic mass is 16.6. The van der Waals surface area contributed by atoms with Crippen molar-refractivity contribution in [2.24, 2.45) is 0 Å². The van der Waals surface area contributed by atoms with Gasteiger partial charge < -0.3 is 20.3 Å². The molecule has 8 nitrogen and oxygen atoms in total. The minimum atomic E-state index is -1.01. The summed E-state index contributed by atoms with van der Waals surface area (Å²) in [6.07, 6.45) is -0.141. The summed E-state index contributed by atoms with van der Waals surface area (Å²) < 4.78 is 7.16. The Hall–Kier alpha value is -1.77. The summed E-state index contributed by atoms with van der Waals surface area (Å²) in [4.78, 5) is 12.4. The lowest BCUT2D eigenvalue weighted by molar-refractivity contribution is -0.0299. The zero-order valence-corrected chi connectivity index (χ0v) is 10.6. The Bertz CT molecular complexity index is 601. The lowest BCUT2D eigenvalue weighted by atomic mass is 10.1. The maximum absolute atomic E-state index is 10.0. The monoisotopic (exact) mass is 265 g/mol. The van der Waals surface area contributed by atoms with Gasteiger partial charge in [-0.2, -0.15) is 0 Å². The van der Waals surface area contributed by atoms with Crippen LogP contribution in [0.25, 0.3) is 11.2 Å². The van der Waals surface area contributed by atoms with Crippen molar-refractivity contribution in [1.29, 1.82) is 0 Å². The molecule has 2 aromatic rings. The number of fused-ring (bicyclic) bond motifs is 1. The van der Waals surface area contributed by atoms with Crippen LogP contribution < -0.4 is 5.32 Å². The smallest absolute Gasteiger partial charge is 0.167 e. The molecular weight excluding hydrogens is 250 g/mol. The Morgan fingerprint density at radius 3 is 2.68 bits per heavy atom. The van der Waals surface area contributed by atoms with E-state index in [0.717, 1.165) is 0 Å². The highest BCUT2D eigenvalue weighted by Gasteiger charge is 2.42. The van der Waals surface area contributed by atoms with Crippen molar-refractivity contribution in [3.05, 3.63) is 12.7 Å². The van der Waals surface area contributed by atoms with Crippen molar-refractivity contribution in [3.8, 4) is 0 Å². The molecule has 1 fully saturated rings. The fraction of sp³-hybridized carbons (Fsp3) is 0.545. The Balaban J connectivity index is 2.07. The first-order valence-corrected chi connectivity index (χ1v) is 6.00. The molecule has 1 aliphatic rings. The van der Waals surface area contributed by atoms with Crippen LogP contribution in [0.1, 0.15) is 13.2 Å². The second-order valence-electron chi connectivity index (χ2n) is 4.51. The molecule has 0 bridgehead atoms. The molecule has 4 atom stereocenters. The van der Waals surface area contributed by atoms with E-state index in [1.165, 1.54) is 12.7 Å². The molecule has 0 unspecified atom stereocenters. The van der Waals surface area contributed by atoms with Crippen molar-refractivity contribution in [2.45, 2.75) is 31.5 Å². The van der Waals surface area contributed by atoms with Gasteiger partial charge >= 0.3 is 0 Å². The van der Waals surface area contributed by atoms with Crippen LogP contribution in [0.2, 0.25) is 0 Å². The molecule has 0 spiro atoms. The molecule has 0 aromatic carbocycles. The van der Waals surface area contributed by atoms with E-state index in [1.807, 2.05) is 0 Å². The molecule has 3 heterocycles. The van der Waals surface area contributed by atoms with E-state index in [0.29, 0.717) is 17.0 Å². The van der Waals surface area contributed by atoms with Gasteiger partial charge in [-0.3, -0.25) is 4.57 Å². The molecule has 3 N–H and O–H groups in total. The van der Waals surface area contributed by atoms with Crippen LogP contribution in [-0.4, -0.2) is 55.1 Å². The van der Waals surface area contributed by atoms with Crippen LogP contribution in [0.4, 0.5) is 5.82 Å². The molecule has 0 saturated carbocycles. The van der Waals surface area contributed by atoms with E-state index in [2.05, 4.69) is 20.3 Å². The lowest BCUT2D eigenvalue weighted by Gasteiger charge is -2.16. The van der Waals surface area contributed by atoms with Gasteiger partial charge in [0, 0.05) is 7.05 Å². The van der Waals surface area contributed by atoms with Gasteiger partial charge in [0.2, 0.25) is 0 Å². The molecule has 1 saturated heterocycles. The first-order chi connectivity index (χ1) is 9.13. The average molecular weight is 265 g/mol. The van der Waals surface area contributed by atoms with Crippen LogP contribution in [0, 0.1) is 0 Å². The fourth-order valence-electron chi connectivity index (χ4n) is 2.28. The number of hydrogen-bond acceptors (Lipinski definition) is 7. The van der Waals surface area contributed by atoms with Crippen molar-refractivity contribution in [2.75, 3.05) is 12.4 Å². The summed E-state index contributed by atoms with van der Waals surface area (Å²) in [6, 6.07) is 0. The summed E-state index contributed by atoms with van der Waals surface area (Å²) in [5.74, 6) is 0.602. The van der Waals surface area contributed by atoms with Gasteiger partial charge in [-0.25, -0.2) is 15.0 Å². The number of anilines is 1. The molecule has 2 aromatic heterocycles. The van der Waals surface area contributed by atoms with E-state index >= 15 is 0 Å². The molecular formula is C11H15N5O3. The van der Waals surface area contributed by atoms with E-state index < -0.39 is 24.5 Å². The first-order valence-electron chi connectivity index (χ1n) is 6.00. The zero-order valence-electron chi connectivity index (χ0n) is 10.6. The van der Waals surface area contributed by atoms with E-state index in [4.69, 9.17) is 4.74 Å². The van der Waals surface area contributed by atoms with Crippen LogP contribution in [0.5, 0.6) is 0 Å². The highest BCUT2D eigenvalue weighted by Crippen LogP contribution is 2.31. The van der Waals surface area contributed by atoms with Gasteiger partial charge in [-0.15, -0.1) is 0 Å². The van der Waals surface area contributed by atoms with Crippen LogP contribution in [-0.2, 0) is 4.74 Å². The van der Waals surface area contributed by atoms with Gasteiger partial charge in [-0.1, -0.05) is 0 Å². The maximum Gasteiger partial charge on any atom is 0.167 e. The number of aliphatic hydroxyl groups excluding tert-OH is 2. The number of imidazole rings is 1. The van der Waals surface area contributed by atoms with Gasteiger partial charge in [0.25, 0.3) is 0 Å². The summed E-state index contributed by atoms with van der Waals surface area (Å²) in [6.45, 7) is 1.71. The number of nitrogens with one attached hydrogen (secondary N) is 1. The molecule has 1 aliphatic heterocycles.